The second-order valence-electron chi connectivity index (χ2n) is 6.14. The molecule has 0 aromatic carbocycles. The highest BCUT2D eigenvalue weighted by atomic mass is 16.3. The summed E-state index contributed by atoms with van der Waals surface area (Å²) in [6.07, 6.45) is 3.43. The van der Waals surface area contributed by atoms with Gasteiger partial charge in [-0.3, -0.25) is 0 Å². The van der Waals surface area contributed by atoms with Gasteiger partial charge in [-0.2, -0.15) is 0 Å². The fraction of sp³-hybridized carbons (Fsp3) is 0.733. The maximum atomic E-state index is 10.6. The SMILES string of the molecule is C=C(CO)[C@@H]1CC[C@]2(C)C(C(C)=CC[C@H]2O)[C@H]1O. The molecule has 0 aromatic rings. The number of hydrogen-bond acceptors (Lipinski definition) is 3. The number of rotatable bonds is 2. The molecule has 0 spiro atoms. The van der Waals surface area contributed by atoms with Gasteiger partial charge in [0.1, 0.15) is 0 Å². The fourth-order valence-corrected chi connectivity index (χ4v) is 3.84. The molecule has 0 amide bonds. The van der Waals surface area contributed by atoms with Gasteiger partial charge in [0.15, 0.2) is 0 Å². The van der Waals surface area contributed by atoms with E-state index in [0.29, 0.717) is 12.0 Å². The number of aliphatic hydroxyl groups is 3. The molecule has 0 bridgehead atoms. The highest BCUT2D eigenvalue weighted by molar-refractivity contribution is 5.22. The minimum Gasteiger partial charge on any atom is -0.392 e. The molecule has 1 fully saturated rings. The highest BCUT2D eigenvalue weighted by Gasteiger charge is 2.51. The van der Waals surface area contributed by atoms with Crippen molar-refractivity contribution in [3.05, 3.63) is 23.8 Å². The van der Waals surface area contributed by atoms with Gasteiger partial charge in [-0.15, -0.1) is 0 Å². The molecule has 18 heavy (non-hydrogen) atoms. The van der Waals surface area contributed by atoms with E-state index in [-0.39, 0.29) is 30.0 Å². The third-order valence-corrected chi connectivity index (χ3v) is 5.10. The minimum absolute atomic E-state index is 0.0247. The lowest BCUT2D eigenvalue weighted by Gasteiger charge is -2.52. The van der Waals surface area contributed by atoms with Gasteiger partial charge in [-0.25, -0.2) is 0 Å². The van der Waals surface area contributed by atoms with Gasteiger partial charge in [0, 0.05) is 17.3 Å². The van der Waals surface area contributed by atoms with Crippen LogP contribution < -0.4 is 0 Å². The van der Waals surface area contributed by atoms with Crippen LogP contribution in [0.25, 0.3) is 0 Å². The second kappa shape index (κ2) is 4.80. The molecule has 0 saturated heterocycles. The topological polar surface area (TPSA) is 60.7 Å². The lowest BCUT2D eigenvalue weighted by atomic mass is 9.55. The van der Waals surface area contributed by atoms with E-state index < -0.39 is 6.10 Å². The first-order chi connectivity index (χ1) is 8.41. The monoisotopic (exact) mass is 252 g/mol. The van der Waals surface area contributed by atoms with Crippen LogP contribution in [0.1, 0.15) is 33.1 Å². The van der Waals surface area contributed by atoms with E-state index in [1.54, 1.807) is 0 Å². The van der Waals surface area contributed by atoms with Crippen LogP contribution in [0.3, 0.4) is 0 Å². The molecule has 1 saturated carbocycles. The van der Waals surface area contributed by atoms with Crippen molar-refractivity contribution >= 4 is 0 Å². The first kappa shape index (κ1) is 13.8. The largest absolute Gasteiger partial charge is 0.392 e. The van der Waals surface area contributed by atoms with Gasteiger partial charge in [-0.1, -0.05) is 25.2 Å². The number of fused-ring (bicyclic) bond motifs is 1. The molecule has 3 N–H and O–H groups in total. The predicted molar refractivity (Wildman–Crippen MR) is 70.9 cm³/mol. The molecule has 0 aromatic heterocycles. The summed E-state index contributed by atoms with van der Waals surface area (Å²) in [4.78, 5) is 0. The van der Waals surface area contributed by atoms with Crippen molar-refractivity contribution in [2.24, 2.45) is 17.3 Å². The van der Waals surface area contributed by atoms with Crippen LogP contribution in [0.4, 0.5) is 0 Å². The maximum absolute atomic E-state index is 10.6. The summed E-state index contributed by atoms with van der Waals surface area (Å²) in [6.45, 7) is 7.89. The Kier molecular flexibility index (Phi) is 3.67. The molecule has 5 atom stereocenters. The Balaban J connectivity index is 2.32. The molecular formula is C15H24O3. The summed E-state index contributed by atoms with van der Waals surface area (Å²) in [6, 6.07) is 0. The van der Waals surface area contributed by atoms with Crippen LogP contribution in [0.2, 0.25) is 0 Å². The zero-order chi connectivity index (χ0) is 13.5. The van der Waals surface area contributed by atoms with Gasteiger partial charge >= 0.3 is 0 Å². The van der Waals surface area contributed by atoms with Crippen molar-refractivity contribution in [2.75, 3.05) is 6.61 Å². The highest BCUT2D eigenvalue weighted by Crippen LogP contribution is 2.53. The smallest absolute Gasteiger partial charge is 0.0677 e. The summed E-state index contributed by atoms with van der Waals surface area (Å²) in [5.41, 5.74) is 1.62. The van der Waals surface area contributed by atoms with Crippen LogP contribution in [0, 0.1) is 17.3 Å². The van der Waals surface area contributed by atoms with E-state index in [1.165, 1.54) is 0 Å². The van der Waals surface area contributed by atoms with Crippen molar-refractivity contribution in [3.8, 4) is 0 Å². The van der Waals surface area contributed by atoms with Crippen molar-refractivity contribution in [1.82, 2.24) is 0 Å². The van der Waals surface area contributed by atoms with Gasteiger partial charge in [-0.05, 0) is 31.8 Å². The first-order valence-corrected chi connectivity index (χ1v) is 6.73. The van der Waals surface area contributed by atoms with Crippen molar-refractivity contribution in [2.45, 2.75) is 45.3 Å². The van der Waals surface area contributed by atoms with E-state index in [4.69, 9.17) is 0 Å². The Morgan fingerprint density at radius 2 is 2.17 bits per heavy atom. The lowest BCUT2D eigenvalue weighted by Crippen LogP contribution is -2.53. The van der Waals surface area contributed by atoms with E-state index in [0.717, 1.165) is 18.4 Å². The second-order valence-corrected chi connectivity index (χ2v) is 6.14. The van der Waals surface area contributed by atoms with E-state index >= 15 is 0 Å². The molecule has 3 heteroatoms. The summed E-state index contributed by atoms with van der Waals surface area (Å²) < 4.78 is 0. The van der Waals surface area contributed by atoms with Gasteiger partial charge < -0.3 is 15.3 Å². The fourth-order valence-electron chi connectivity index (χ4n) is 3.84. The third kappa shape index (κ3) is 1.94. The standard InChI is InChI=1S/C15H24O3/c1-9-4-5-12(17)15(3)7-6-11(10(2)8-16)14(18)13(9)15/h4,11-14,16-18H,2,5-8H2,1,3H3/t11-,12+,13?,14-,15-/m0/s1. The number of hydrogen-bond donors (Lipinski definition) is 3. The van der Waals surface area contributed by atoms with Crippen molar-refractivity contribution in [1.29, 1.82) is 0 Å². The van der Waals surface area contributed by atoms with Gasteiger partial charge in [0.05, 0.1) is 18.8 Å². The predicted octanol–water partition coefficient (Wildman–Crippen LogP) is 1.64. The molecule has 1 unspecified atom stereocenters. The Labute approximate surface area is 109 Å². The average molecular weight is 252 g/mol. The molecule has 0 radical (unpaired) electrons. The van der Waals surface area contributed by atoms with E-state index in [2.05, 4.69) is 13.5 Å². The minimum atomic E-state index is -0.547. The van der Waals surface area contributed by atoms with Gasteiger partial charge in [0.25, 0.3) is 0 Å². The van der Waals surface area contributed by atoms with E-state index in [1.807, 2.05) is 13.0 Å². The van der Waals surface area contributed by atoms with Crippen LogP contribution in [0.15, 0.2) is 23.8 Å². The summed E-state index contributed by atoms with van der Waals surface area (Å²) in [5, 5.41) is 30.1. The number of aliphatic hydroxyl groups excluding tert-OH is 3. The zero-order valence-electron chi connectivity index (χ0n) is 11.3. The summed E-state index contributed by atoms with van der Waals surface area (Å²) >= 11 is 0. The molecule has 102 valence electrons. The third-order valence-electron chi connectivity index (χ3n) is 5.10. The molecular weight excluding hydrogens is 228 g/mol. The molecule has 2 rings (SSSR count). The quantitative estimate of drug-likeness (QED) is 0.655. The Morgan fingerprint density at radius 3 is 2.78 bits per heavy atom. The molecule has 2 aliphatic rings. The maximum Gasteiger partial charge on any atom is 0.0677 e. The van der Waals surface area contributed by atoms with E-state index in [9.17, 15) is 15.3 Å². The lowest BCUT2D eigenvalue weighted by molar-refractivity contribution is -0.0969. The van der Waals surface area contributed by atoms with Crippen molar-refractivity contribution < 1.29 is 15.3 Å². The zero-order valence-corrected chi connectivity index (χ0v) is 11.3. The Morgan fingerprint density at radius 1 is 1.50 bits per heavy atom. The normalized spacial score (nSPS) is 44.2. The molecule has 0 heterocycles. The average Bonchev–Trinajstić information content (AvgIpc) is 2.33. The van der Waals surface area contributed by atoms with Crippen LogP contribution in [-0.4, -0.2) is 34.1 Å². The Hall–Kier alpha value is -0.640. The molecule has 3 nitrogen and oxygen atoms in total. The summed E-state index contributed by atoms with van der Waals surface area (Å²) in [5.74, 6) is -0.0787. The molecule has 2 aliphatic carbocycles. The summed E-state index contributed by atoms with van der Waals surface area (Å²) in [7, 11) is 0. The first-order valence-electron chi connectivity index (χ1n) is 6.73. The van der Waals surface area contributed by atoms with Gasteiger partial charge in [0.2, 0.25) is 0 Å². The van der Waals surface area contributed by atoms with Crippen LogP contribution in [0.5, 0.6) is 0 Å². The molecule has 0 aliphatic heterocycles. The van der Waals surface area contributed by atoms with Crippen LogP contribution in [-0.2, 0) is 0 Å². The van der Waals surface area contributed by atoms with Crippen LogP contribution >= 0.6 is 0 Å². The van der Waals surface area contributed by atoms with Crippen molar-refractivity contribution in [3.63, 3.8) is 0 Å². The Bertz CT molecular complexity index is 374.